The Hall–Kier alpha value is -2.58. The highest BCUT2D eigenvalue weighted by atomic mass is 32.2. The molecule has 1 heterocycles. The zero-order valence-corrected chi connectivity index (χ0v) is 21.6. The van der Waals surface area contributed by atoms with Crippen LogP contribution in [0.15, 0.2) is 47.4 Å². The Morgan fingerprint density at radius 1 is 1.06 bits per heavy atom. The van der Waals surface area contributed by atoms with Gasteiger partial charge in [-0.15, -0.1) is 0 Å². The summed E-state index contributed by atoms with van der Waals surface area (Å²) in [5.74, 6) is 1.36. The summed E-state index contributed by atoms with van der Waals surface area (Å²) in [6.45, 7) is 4.37. The van der Waals surface area contributed by atoms with Gasteiger partial charge >= 0.3 is 0 Å². The molecule has 1 aliphatic rings. The van der Waals surface area contributed by atoms with E-state index in [-0.39, 0.29) is 22.9 Å². The molecule has 0 radical (unpaired) electrons. The summed E-state index contributed by atoms with van der Waals surface area (Å²) in [5, 5.41) is 0. The first-order valence-electron chi connectivity index (χ1n) is 11.8. The number of ether oxygens (including phenoxy) is 2. The molecule has 0 saturated carbocycles. The molecule has 0 N–H and O–H groups in total. The van der Waals surface area contributed by atoms with Crippen molar-refractivity contribution < 1.29 is 22.7 Å². The predicted molar refractivity (Wildman–Crippen MR) is 133 cm³/mol. The summed E-state index contributed by atoms with van der Waals surface area (Å²) in [7, 11) is 1.23. The van der Waals surface area contributed by atoms with Crippen LogP contribution in [0.25, 0.3) is 0 Å². The van der Waals surface area contributed by atoms with Crippen molar-refractivity contribution in [3.05, 3.63) is 53.6 Å². The SMILES string of the molecule is COc1ccc(CCC2CCCCN2C(=O)c2ccc(S(=O)(=O)N(C)C(C)C)cc2)cc1OC. The lowest BCUT2D eigenvalue weighted by Gasteiger charge is -2.36. The van der Waals surface area contributed by atoms with Crippen LogP contribution in [0, 0.1) is 0 Å². The third kappa shape index (κ3) is 5.73. The highest BCUT2D eigenvalue weighted by molar-refractivity contribution is 7.89. The quantitative estimate of drug-likeness (QED) is 0.524. The highest BCUT2D eigenvalue weighted by Gasteiger charge is 2.28. The van der Waals surface area contributed by atoms with E-state index in [1.54, 1.807) is 33.4 Å². The van der Waals surface area contributed by atoms with Crippen LogP contribution >= 0.6 is 0 Å². The Kier molecular flexibility index (Phi) is 8.60. The summed E-state index contributed by atoms with van der Waals surface area (Å²) >= 11 is 0. The fourth-order valence-corrected chi connectivity index (χ4v) is 5.68. The van der Waals surface area contributed by atoms with Crippen LogP contribution < -0.4 is 9.47 Å². The van der Waals surface area contributed by atoms with Crippen LogP contribution in [0.5, 0.6) is 11.5 Å². The van der Waals surface area contributed by atoms with Gasteiger partial charge in [-0.2, -0.15) is 4.31 Å². The largest absolute Gasteiger partial charge is 0.493 e. The maximum absolute atomic E-state index is 13.3. The average Bonchev–Trinajstić information content (AvgIpc) is 2.86. The van der Waals surface area contributed by atoms with Gasteiger partial charge in [0.15, 0.2) is 11.5 Å². The molecule has 1 atom stereocenters. The van der Waals surface area contributed by atoms with Crippen LogP contribution in [0.2, 0.25) is 0 Å². The zero-order valence-electron chi connectivity index (χ0n) is 20.8. The molecule has 1 unspecified atom stereocenters. The van der Waals surface area contributed by atoms with Crippen molar-refractivity contribution in [3.8, 4) is 11.5 Å². The summed E-state index contributed by atoms with van der Waals surface area (Å²) in [6.07, 6.45) is 4.72. The topological polar surface area (TPSA) is 76.2 Å². The van der Waals surface area contributed by atoms with Gasteiger partial charge in [0.1, 0.15) is 0 Å². The molecule has 0 spiro atoms. The first-order chi connectivity index (χ1) is 16.2. The Bertz CT molecular complexity index is 1080. The van der Waals surface area contributed by atoms with E-state index in [0.717, 1.165) is 37.7 Å². The number of aryl methyl sites for hydroxylation is 1. The molecule has 186 valence electrons. The van der Waals surface area contributed by atoms with Crippen LogP contribution in [0.4, 0.5) is 0 Å². The first-order valence-corrected chi connectivity index (χ1v) is 13.2. The molecule has 0 aliphatic carbocycles. The molecule has 1 aliphatic heterocycles. The van der Waals surface area contributed by atoms with Crippen molar-refractivity contribution in [2.75, 3.05) is 27.8 Å². The highest BCUT2D eigenvalue weighted by Crippen LogP contribution is 2.29. The molecule has 3 rings (SSSR count). The number of methoxy groups -OCH3 is 2. The number of likely N-dealkylation sites (tertiary alicyclic amines) is 1. The fraction of sp³-hybridized carbons (Fsp3) is 0.500. The maximum Gasteiger partial charge on any atom is 0.254 e. The minimum Gasteiger partial charge on any atom is -0.493 e. The summed E-state index contributed by atoms with van der Waals surface area (Å²) in [6, 6.07) is 12.2. The molecule has 0 bridgehead atoms. The van der Waals surface area contributed by atoms with Crippen LogP contribution in [0.3, 0.4) is 0 Å². The van der Waals surface area contributed by atoms with E-state index in [1.165, 1.54) is 16.4 Å². The number of sulfonamides is 1. The Morgan fingerprint density at radius 2 is 1.74 bits per heavy atom. The van der Waals surface area contributed by atoms with E-state index in [9.17, 15) is 13.2 Å². The molecular formula is C26H36N2O5S. The normalized spacial score (nSPS) is 16.7. The van der Waals surface area contributed by atoms with Gasteiger partial charge in [-0.1, -0.05) is 6.07 Å². The molecule has 0 aromatic heterocycles. The molecule has 8 heteroatoms. The van der Waals surface area contributed by atoms with Gasteiger partial charge in [0.2, 0.25) is 10.0 Å². The number of piperidine rings is 1. The summed E-state index contributed by atoms with van der Waals surface area (Å²) < 4.78 is 37.5. The minimum absolute atomic E-state index is 0.0434. The standard InChI is InChI=1S/C26H36N2O5S/c1-19(2)27(3)34(30,31)23-14-11-21(12-15-23)26(29)28-17-7-6-8-22(28)13-9-20-10-16-24(32-4)25(18-20)33-5/h10-12,14-16,18-19,22H,6-9,13,17H2,1-5H3. The Labute approximate surface area is 203 Å². The average molecular weight is 489 g/mol. The molecule has 1 saturated heterocycles. The number of carbonyl (C=O) groups is 1. The summed E-state index contributed by atoms with van der Waals surface area (Å²) in [5.41, 5.74) is 1.66. The van der Waals surface area contributed by atoms with E-state index < -0.39 is 10.0 Å². The van der Waals surface area contributed by atoms with Crippen LogP contribution in [-0.2, 0) is 16.4 Å². The molecule has 1 amide bonds. The molecule has 2 aromatic rings. The van der Waals surface area contributed by atoms with Crippen molar-refractivity contribution in [1.29, 1.82) is 0 Å². The van der Waals surface area contributed by atoms with Gasteiger partial charge in [-0.3, -0.25) is 4.79 Å². The van der Waals surface area contributed by atoms with E-state index in [2.05, 4.69) is 0 Å². The second-order valence-corrected chi connectivity index (χ2v) is 11.0. The lowest BCUT2D eigenvalue weighted by Crippen LogP contribution is -2.44. The van der Waals surface area contributed by atoms with Crippen molar-refractivity contribution >= 4 is 15.9 Å². The third-order valence-electron chi connectivity index (χ3n) is 6.61. The lowest BCUT2D eigenvalue weighted by molar-refractivity contribution is 0.0602. The van der Waals surface area contributed by atoms with E-state index in [0.29, 0.717) is 23.6 Å². The number of hydrogen-bond acceptors (Lipinski definition) is 5. The van der Waals surface area contributed by atoms with Crippen LogP contribution in [-0.4, -0.2) is 63.4 Å². The van der Waals surface area contributed by atoms with Crippen molar-refractivity contribution in [1.82, 2.24) is 9.21 Å². The van der Waals surface area contributed by atoms with Crippen molar-refractivity contribution in [2.45, 2.75) is 62.9 Å². The first kappa shape index (κ1) is 26.0. The summed E-state index contributed by atoms with van der Waals surface area (Å²) in [4.78, 5) is 15.5. The number of hydrogen-bond donors (Lipinski definition) is 0. The second kappa shape index (κ2) is 11.2. The van der Waals surface area contributed by atoms with E-state index in [4.69, 9.17) is 9.47 Å². The zero-order chi connectivity index (χ0) is 24.9. The van der Waals surface area contributed by atoms with Gasteiger partial charge in [0.05, 0.1) is 19.1 Å². The van der Waals surface area contributed by atoms with Crippen molar-refractivity contribution in [3.63, 3.8) is 0 Å². The van der Waals surface area contributed by atoms with Gasteiger partial charge in [0, 0.05) is 31.2 Å². The van der Waals surface area contributed by atoms with Gasteiger partial charge in [-0.05, 0) is 87.9 Å². The monoisotopic (exact) mass is 488 g/mol. The minimum atomic E-state index is -3.58. The number of amides is 1. The van der Waals surface area contributed by atoms with Crippen LogP contribution in [0.1, 0.15) is 55.5 Å². The Balaban J connectivity index is 1.72. The van der Waals surface area contributed by atoms with Gasteiger partial charge < -0.3 is 14.4 Å². The number of nitrogens with zero attached hydrogens (tertiary/aromatic N) is 2. The van der Waals surface area contributed by atoms with Crippen molar-refractivity contribution in [2.24, 2.45) is 0 Å². The molecule has 2 aromatic carbocycles. The lowest BCUT2D eigenvalue weighted by atomic mass is 9.95. The predicted octanol–water partition coefficient (Wildman–Crippen LogP) is 4.36. The number of benzene rings is 2. The Morgan fingerprint density at radius 3 is 2.35 bits per heavy atom. The fourth-order valence-electron chi connectivity index (χ4n) is 4.32. The molecule has 34 heavy (non-hydrogen) atoms. The molecular weight excluding hydrogens is 452 g/mol. The number of rotatable bonds is 9. The van der Waals surface area contributed by atoms with E-state index >= 15 is 0 Å². The smallest absolute Gasteiger partial charge is 0.254 e. The molecule has 7 nitrogen and oxygen atoms in total. The number of carbonyl (C=O) groups excluding carboxylic acids is 1. The maximum atomic E-state index is 13.3. The van der Waals surface area contributed by atoms with Gasteiger partial charge in [0.25, 0.3) is 5.91 Å². The van der Waals surface area contributed by atoms with E-state index in [1.807, 2.05) is 36.9 Å². The third-order valence-corrected chi connectivity index (χ3v) is 8.66. The molecule has 1 fully saturated rings. The second-order valence-electron chi connectivity index (χ2n) is 9.02. The van der Waals surface area contributed by atoms with Gasteiger partial charge in [-0.25, -0.2) is 8.42 Å².